The summed E-state index contributed by atoms with van der Waals surface area (Å²) in [6, 6.07) is 10.8. The van der Waals surface area contributed by atoms with E-state index in [9.17, 15) is 4.79 Å². The number of ketones is 1. The van der Waals surface area contributed by atoms with Crippen molar-refractivity contribution in [3.8, 4) is 0 Å². The van der Waals surface area contributed by atoms with Gasteiger partial charge in [-0.15, -0.1) is 0 Å². The summed E-state index contributed by atoms with van der Waals surface area (Å²) in [4.78, 5) is 11.5. The van der Waals surface area contributed by atoms with Gasteiger partial charge in [0.15, 0.2) is 0 Å². The molecule has 4 nitrogen and oxygen atoms in total. The van der Waals surface area contributed by atoms with E-state index in [1.165, 1.54) is 0 Å². The van der Waals surface area contributed by atoms with Crippen molar-refractivity contribution in [3.05, 3.63) is 73.0 Å². The topological polar surface area (TPSA) is 56.5 Å². The van der Waals surface area contributed by atoms with Crippen molar-refractivity contribution >= 4 is 5.78 Å². The van der Waals surface area contributed by atoms with E-state index in [4.69, 9.17) is 8.83 Å². The maximum absolute atomic E-state index is 11.5. The number of rotatable bonds is 4. The largest absolute Gasteiger partial charge is 0.473 e. The number of furan rings is 3. The molecule has 0 atom stereocenters. The normalized spacial score (nSPS) is 9.68. The maximum atomic E-state index is 11.5. The summed E-state index contributed by atoms with van der Waals surface area (Å²) in [6.07, 6.45) is 7.03. The lowest BCUT2D eigenvalue weighted by Gasteiger charge is -1.94. The lowest BCUT2D eigenvalue weighted by Crippen LogP contribution is -2.04. The van der Waals surface area contributed by atoms with Crippen molar-refractivity contribution in [3.63, 3.8) is 0 Å². The average Bonchev–Trinajstić information content (AvgIpc) is 3.15. The molecule has 0 radical (unpaired) electrons. The van der Waals surface area contributed by atoms with Gasteiger partial charge in [0.25, 0.3) is 0 Å². The van der Waals surface area contributed by atoms with Crippen LogP contribution in [0.4, 0.5) is 0 Å². The summed E-state index contributed by atoms with van der Waals surface area (Å²) in [5.41, 5.74) is 0. The van der Waals surface area contributed by atoms with Gasteiger partial charge in [0.1, 0.15) is 17.3 Å². The minimum atomic E-state index is 0.0925. The smallest absolute Gasteiger partial charge is 0.147 e. The molecule has 3 aromatic rings. The Balaban J connectivity index is 0.000000224. The zero-order valence-electron chi connectivity index (χ0n) is 10.3. The standard InChI is InChI=1S/C11H10O3.C4H4O/c12-9(7-10-3-1-5-13-10)8-11-4-2-6-14-11;1-2-4-5-3-1/h1-6H,7-8H2;1-4H. The molecule has 3 aromatic heterocycles. The molecule has 0 spiro atoms. The average molecular weight is 258 g/mol. The van der Waals surface area contributed by atoms with E-state index in [0.717, 1.165) is 0 Å². The monoisotopic (exact) mass is 258 g/mol. The molecule has 0 aliphatic rings. The van der Waals surface area contributed by atoms with Crippen LogP contribution >= 0.6 is 0 Å². The highest BCUT2D eigenvalue weighted by atomic mass is 16.3. The molecular formula is C15H14O4. The zero-order chi connectivity index (χ0) is 13.3. The van der Waals surface area contributed by atoms with E-state index in [0.29, 0.717) is 24.4 Å². The lowest BCUT2D eigenvalue weighted by atomic mass is 10.1. The SMILES string of the molecule is O=C(Cc1ccco1)Cc1ccco1.c1ccoc1. The first-order valence-electron chi connectivity index (χ1n) is 5.88. The first kappa shape index (κ1) is 13.0. The highest BCUT2D eigenvalue weighted by Gasteiger charge is 2.08. The molecule has 0 N–H and O–H groups in total. The van der Waals surface area contributed by atoms with Crippen LogP contribution in [-0.4, -0.2) is 5.78 Å². The molecule has 0 unspecified atom stereocenters. The van der Waals surface area contributed by atoms with Crippen LogP contribution in [0.5, 0.6) is 0 Å². The van der Waals surface area contributed by atoms with E-state index in [-0.39, 0.29) is 5.78 Å². The molecule has 19 heavy (non-hydrogen) atoms. The van der Waals surface area contributed by atoms with Crippen LogP contribution in [0, 0.1) is 0 Å². The molecule has 98 valence electrons. The Morgan fingerprint density at radius 2 is 1.32 bits per heavy atom. The Bertz CT molecular complexity index is 492. The quantitative estimate of drug-likeness (QED) is 0.718. The van der Waals surface area contributed by atoms with Gasteiger partial charge in [-0.05, 0) is 36.4 Å². The molecular weight excluding hydrogens is 244 g/mol. The highest BCUT2D eigenvalue weighted by Crippen LogP contribution is 2.06. The van der Waals surface area contributed by atoms with Crippen LogP contribution in [0.2, 0.25) is 0 Å². The van der Waals surface area contributed by atoms with Gasteiger partial charge >= 0.3 is 0 Å². The second kappa shape index (κ2) is 7.06. The molecule has 0 fully saturated rings. The number of hydrogen-bond donors (Lipinski definition) is 0. The lowest BCUT2D eigenvalue weighted by molar-refractivity contribution is -0.118. The van der Waals surface area contributed by atoms with E-state index in [1.807, 2.05) is 12.1 Å². The van der Waals surface area contributed by atoms with Crippen LogP contribution in [0.1, 0.15) is 11.5 Å². The maximum Gasteiger partial charge on any atom is 0.147 e. The summed E-state index contributed by atoms with van der Waals surface area (Å²) in [6.45, 7) is 0. The first-order chi connectivity index (χ1) is 9.34. The molecule has 0 saturated heterocycles. The summed E-state index contributed by atoms with van der Waals surface area (Å²) in [7, 11) is 0. The van der Waals surface area contributed by atoms with Gasteiger partial charge in [0, 0.05) is 0 Å². The van der Waals surface area contributed by atoms with E-state index in [1.54, 1.807) is 49.3 Å². The van der Waals surface area contributed by atoms with E-state index in [2.05, 4.69) is 4.42 Å². The van der Waals surface area contributed by atoms with E-state index < -0.39 is 0 Å². The molecule has 0 aromatic carbocycles. The summed E-state index contributed by atoms with van der Waals surface area (Å²) in [5.74, 6) is 1.48. The van der Waals surface area contributed by atoms with Gasteiger partial charge < -0.3 is 13.3 Å². The van der Waals surface area contributed by atoms with Crippen molar-refractivity contribution in [2.75, 3.05) is 0 Å². The molecule has 0 aliphatic carbocycles. The first-order valence-corrected chi connectivity index (χ1v) is 5.88. The third-order valence-corrected chi connectivity index (χ3v) is 2.33. The number of Topliss-reactive ketones (excluding diaryl/α,β-unsaturated/α-hetero) is 1. The summed E-state index contributed by atoms with van der Waals surface area (Å²) >= 11 is 0. The van der Waals surface area contributed by atoms with Gasteiger partial charge in [-0.1, -0.05) is 0 Å². The van der Waals surface area contributed by atoms with Gasteiger partial charge in [-0.3, -0.25) is 4.79 Å². The van der Waals surface area contributed by atoms with Crippen molar-refractivity contribution in [1.29, 1.82) is 0 Å². The molecule has 0 bridgehead atoms. The predicted octanol–water partition coefficient (Wildman–Crippen LogP) is 3.51. The molecule has 0 aliphatic heterocycles. The van der Waals surface area contributed by atoms with Crippen LogP contribution in [0.3, 0.4) is 0 Å². The second-order valence-corrected chi connectivity index (χ2v) is 3.84. The molecule has 3 heterocycles. The fourth-order valence-corrected chi connectivity index (χ4v) is 1.50. The van der Waals surface area contributed by atoms with Crippen molar-refractivity contribution in [2.24, 2.45) is 0 Å². The minimum Gasteiger partial charge on any atom is -0.473 e. The number of carbonyl (C=O) groups excluding carboxylic acids is 1. The molecule has 0 amide bonds. The van der Waals surface area contributed by atoms with Crippen molar-refractivity contribution in [2.45, 2.75) is 12.8 Å². The Kier molecular flexibility index (Phi) is 4.81. The van der Waals surface area contributed by atoms with Crippen LogP contribution in [-0.2, 0) is 17.6 Å². The predicted molar refractivity (Wildman–Crippen MR) is 68.5 cm³/mol. The highest BCUT2D eigenvalue weighted by molar-refractivity contribution is 5.82. The fraction of sp³-hybridized carbons (Fsp3) is 0.133. The zero-order valence-corrected chi connectivity index (χ0v) is 10.3. The van der Waals surface area contributed by atoms with Crippen LogP contribution in [0.15, 0.2) is 74.7 Å². The Morgan fingerprint density at radius 1 is 0.789 bits per heavy atom. The fourth-order valence-electron chi connectivity index (χ4n) is 1.50. The van der Waals surface area contributed by atoms with Gasteiger partial charge in [0.05, 0.1) is 37.9 Å². The third kappa shape index (κ3) is 4.71. The number of carbonyl (C=O) groups is 1. The van der Waals surface area contributed by atoms with Crippen molar-refractivity contribution in [1.82, 2.24) is 0 Å². The van der Waals surface area contributed by atoms with Crippen LogP contribution in [0.25, 0.3) is 0 Å². The second-order valence-electron chi connectivity index (χ2n) is 3.84. The Hall–Kier alpha value is -2.49. The third-order valence-electron chi connectivity index (χ3n) is 2.33. The van der Waals surface area contributed by atoms with Gasteiger partial charge in [-0.2, -0.15) is 0 Å². The van der Waals surface area contributed by atoms with E-state index >= 15 is 0 Å². The Morgan fingerprint density at radius 3 is 1.63 bits per heavy atom. The minimum absolute atomic E-state index is 0.0925. The molecule has 0 saturated carbocycles. The Labute approximate surface area is 110 Å². The van der Waals surface area contributed by atoms with Gasteiger partial charge in [-0.25, -0.2) is 0 Å². The van der Waals surface area contributed by atoms with Gasteiger partial charge in [0.2, 0.25) is 0 Å². The van der Waals surface area contributed by atoms with Crippen LogP contribution < -0.4 is 0 Å². The molecule has 3 rings (SSSR count). The number of hydrogen-bond acceptors (Lipinski definition) is 4. The molecule has 4 heteroatoms. The summed E-state index contributed by atoms with van der Waals surface area (Å²) < 4.78 is 14.7. The van der Waals surface area contributed by atoms with Crippen molar-refractivity contribution < 1.29 is 18.0 Å². The summed E-state index contributed by atoms with van der Waals surface area (Å²) in [5, 5.41) is 0.